The van der Waals surface area contributed by atoms with Gasteiger partial charge in [-0.3, -0.25) is 13.9 Å². The number of amides is 2. The molecule has 4 aromatic carbocycles. The lowest BCUT2D eigenvalue weighted by molar-refractivity contribution is -0.140. The van der Waals surface area contributed by atoms with Gasteiger partial charge in [0.25, 0.3) is 10.0 Å². The highest BCUT2D eigenvalue weighted by Gasteiger charge is 2.35. The van der Waals surface area contributed by atoms with Crippen molar-refractivity contribution in [3.05, 3.63) is 119 Å². The van der Waals surface area contributed by atoms with Crippen molar-refractivity contribution < 1.29 is 27.5 Å². The van der Waals surface area contributed by atoms with Crippen LogP contribution in [0.1, 0.15) is 30.9 Å². The SMILES string of the molecule is CCCCNC(=O)C(Cc1ccccc1)N(Cc1ccccc1Cl)C(=O)CN(c1ccc2c(c1)OCCO2)S(=O)(=O)c1ccccc1. The number of benzene rings is 4. The maximum Gasteiger partial charge on any atom is 0.264 e. The van der Waals surface area contributed by atoms with Crippen LogP contribution in [0.3, 0.4) is 0 Å². The highest BCUT2D eigenvalue weighted by atomic mass is 35.5. The van der Waals surface area contributed by atoms with E-state index in [9.17, 15) is 18.0 Å². The summed E-state index contributed by atoms with van der Waals surface area (Å²) in [6, 6.07) is 28.2. The van der Waals surface area contributed by atoms with Crippen LogP contribution in [0.4, 0.5) is 5.69 Å². The molecular formula is C36H38ClN3O6S. The molecule has 11 heteroatoms. The van der Waals surface area contributed by atoms with Crippen molar-refractivity contribution >= 4 is 39.1 Å². The maximum absolute atomic E-state index is 14.6. The van der Waals surface area contributed by atoms with E-state index in [1.807, 2.05) is 37.3 Å². The van der Waals surface area contributed by atoms with E-state index in [1.54, 1.807) is 60.7 Å². The zero-order chi connectivity index (χ0) is 33.2. The van der Waals surface area contributed by atoms with Gasteiger partial charge in [-0.05, 0) is 47.9 Å². The standard InChI is InChI=1S/C36H38ClN3O6S/c1-2-3-20-38-36(42)32(23-27-12-6-4-7-13-27)39(25-28-14-10-11-17-31(28)37)35(41)26-40(47(43,44)30-15-8-5-9-16-30)29-18-19-33-34(24-29)46-22-21-45-33/h4-19,24,32H,2-3,20-23,25-26H2,1H3,(H,38,42). The Morgan fingerprint density at radius 3 is 2.23 bits per heavy atom. The molecule has 0 spiro atoms. The summed E-state index contributed by atoms with van der Waals surface area (Å²) in [5, 5.41) is 3.41. The number of nitrogens with one attached hydrogen (secondary N) is 1. The molecule has 1 heterocycles. The van der Waals surface area contributed by atoms with Crippen molar-refractivity contribution in [2.45, 2.75) is 43.7 Å². The minimum atomic E-state index is -4.25. The Morgan fingerprint density at radius 2 is 1.53 bits per heavy atom. The van der Waals surface area contributed by atoms with Crippen LogP contribution in [-0.2, 0) is 32.6 Å². The number of carbonyl (C=O) groups is 2. The van der Waals surface area contributed by atoms with Crippen molar-refractivity contribution in [1.29, 1.82) is 0 Å². The number of hydrogen-bond donors (Lipinski definition) is 1. The number of rotatable bonds is 14. The van der Waals surface area contributed by atoms with Gasteiger partial charge in [0.1, 0.15) is 25.8 Å². The summed E-state index contributed by atoms with van der Waals surface area (Å²) in [4.78, 5) is 29.9. The lowest BCUT2D eigenvalue weighted by atomic mass is 10.0. The van der Waals surface area contributed by atoms with Crippen LogP contribution < -0.4 is 19.1 Å². The molecule has 0 radical (unpaired) electrons. The van der Waals surface area contributed by atoms with Gasteiger partial charge in [0.2, 0.25) is 11.8 Å². The summed E-state index contributed by atoms with van der Waals surface area (Å²) in [6.07, 6.45) is 1.87. The molecule has 0 aliphatic carbocycles. The predicted octanol–water partition coefficient (Wildman–Crippen LogP) is 5.86. The molecule has 1 unspecified atom stereocenters. The van der Waals surface area contributed by atoms with E-state index in [0.717, 1.165) is 22.7 Å². The quantitative estimate of drug-likeness (QED) is 0.168. The van der Waals surface area contributed by atoms with Crippen LogP contribution in [0.2, 0.25) is 5.02 Å². The molecule has 0 bridgehead atoms. The normalized spacial score (nSPS) is 13.0. The number of fused-ring (bicyclic) bond motifs is 1. The first-order valence-corrected chi connectivity index (χ1v) is 17.4. The average Bonchev–Trinajstić information content (AvgIpc) is 3.10. The van der Waals surface area contributed by atoms with Gasteiger partial charge in [-0.25, -0.2) is 8.42 Å². The number of nitrogens with zero attached hydrogens (tertiary/aromatic N) is 2. The molecule has 47 heavy (non-hydrogen) atoms. The number of carbonyl (C=O) groups excluding carboxylic acids is 2. The van der Waals surface area contributed by atoms with Crippen LogP contribution in [-0.4, -0.2) is 57.5 Å². The summed E-state index contributed by atoms with van der Waals surface area (Å²) < 4.78 is 40.9. The predicted molar refractivity (Wildman–Crippen MR) is 182 cm³/mol. The highest BCUT2D eigenvalue weighted by molar-refractivity contribution is 7.92. The fourth-order valence-corrected chi connectivity index (χ4v) is 6.93. The zero-order valence-corrected chi connectivity index (χ0v) is 27.8. The molecule has 0 aromatic heterocycles. The third kappa shape index (κ3) is 8.44. The van der Waals surface area contributed by atoms with Crippen LogP contribution in [0.5, 0.6) is 11.5 Å². The van der Waals surface area contributed by atoms with E-state index in [1.165, 1.54) is 17.0 Å². The largest absolute Gasteiger partial charge is 0.486 e. The Bertz CT molecular complexity index is 1770. The molecule has 0 saturated carbocycles. The molecule has 2 amide bonds. The second-order valence-corrected chi connectivity index (χ2v) is 13.4. The minimum absolute atomic E-state index is 0.0125. The number of sulfonamides is 1. The monoisotopic (exact) mass is 675 g/mol. The van der Waals surface area contributed by atoms with E-state index < -0.39 is 28.5 Å². The van der Waals surface area contributed by atoms with E-state index in [-0.39, 0.29) is 29.5 Å². The van der Waals surface area contributed by atoms with Crippen molar-refractivity contribution in [3.63, 3.8) is 0 Å². The molecule has 246 valence electrons. The van der Waals surface area contributed by atoms with Gasteiger partial charge >= 0.3 is 0 Å². The molecule has 1 aliphatic heterocycles. The van der Waals surface area contributed by atoms with E-state index in [2.05, 4.69) is 5.32 Å². The first-order chi connectivity index (χ1) is 22.8. The number of unbranched alkanes of at least 4 members (excludes halogenated alkanes) is 1. The van der Waals surface area contributed by atoms with Gasteiger partial charge in [-0.2, -0.15) is 0 Å². The van der Waals surface area contributed by atoms with Crippen molar-refractivity contribution in [2.75, 3.05) is 30.6 Å². The summed E-state index contributed by atoms with van der Waals surface area (Å²) in [5.41, 5.74) is 1.69. The molecule has 0 saturated heterocycles. The fraction of sp³-hybridized carbons (Fsp3) is 0.278. The van der Waals surface area contributed by atoms with Crippen LogP contribution in [0.15, 0.2) is 108 Å². The fourth-order valence-electron chi connectivity index (χ4n) is 5.31. The van der Waals surface area contributed by atoms with Gasteiger partial charge in [-0.1, -0.05) is 91.7 Å². The summed E-state index contributed by atoms with van der Waals surface area (Å²) in [6.45, 7) is 2.55. The minimum Gasteiger partial charge on any atom is -0.486 e. The lowest BCUT2D eigenvalue weighted by Crippen LogP contribution is -2.53. The first kappa shape index (κ1) is 33.8. The first-order valence-electron chi connectivity index (χ1n) is 15.6. The Balaban J connectivity index is 1.58. The number of halogens is 1. The van der Waals surface area contributed by atoms with E-state index in [0.29, 0.717) is 41.8 Å². The summed E-state index contributed by atoms with van der Waals surface area (Å²) >= 11 is 6.57. The van der Waals surface area contributed by atoms with E-state index >= 15 is 0 Å². The Morgan fingerprint density at radius 1 is 0.872 bits per heavy atom. The third-order valence-corrected chi connectivity index (χ3v) is 9.98. The van der Waals surface area contributed by atoms with Gasteiger partial charge in [0.15, 0.2) is 11.5 Å². The van der Waals surface area contributed by atoms with Crippen molar-refractivity contribution in [2.24, 2.45) is 0 Å². The average molecular weight is 676 g/mol. The van der Waals surface area contributed by atoms with E-state index in [4.69, 9.17) is 21.1 Å². The molecule has 5 rings (SSSR count). The number of hydrogen-bond acceptors (Lipinski definition) is 6. The summed E-state index contributed by atoms with van der Waals surface area (Å²) in [5.74, 6) is -0.0552. The highest BCUT2D eigenvalue weighted by Crippen LogP contribution is 2.36. The Kier molecular flexibility index (Phi) is 11.4. The van der Waals surface area contributed by atoms with Gasteiger partial charge in [-0.15, -0.1) is 0 Å². The lowest BCUT2D eigenvalue weighted by Gasteiger charge is -2.34. The van der Waals surface area contributed by atoms with Gasteiger partial charge in [0, 0.05) is 30.6 Å². The molecule has 0 fully saturated rings. The summed E-state index contributed by atoms with van der Waals surface area (Å²) in [7, 11) is -4.25. The van der Waals surface area contributed by atoms with Crippen LogP contribution in [0, 0.1) is 0 Å². The van der Waals surface area contributed by atoms with Gasteiger partial charge < -0.3 is 19.7 Å². The van der Waals surface area contributed by atoms with Crippen LogP contribution >= 0.6 is 11.6 Å². The second kappa shape index (κ2) is 15.8. The smallest absolute Gasteiger partial charge is 0.264 e. The Labute approximate surface area is 281 Å². The maximum atomic E-state index is 14.6. The second-order valence-electron chi connectivity index (χ2n) is 11.1. The van der Waals surface area contributed by atoms with Crippen LogP contribution in [0.25, 0.3) is 0 Å². The molecule has 1 atom stereocenters. The molecule has 1 aliphatic rings. The number of anilines is 1. The molecule has 4 aromatic rings. The molecule has 9 nitrogen and oxygen atoms in total. The molecule has 1 N–H and O–H groups in total. The number of ether oxygens (including phenoxy) is 2. The Hall–Kier alpha value is -4.54. The molecular weight excluding hydrogens is 638 g/mol. The van der Waals surface area contributed by atoms with Crippen molar-refractivity contribution in [1.82, 2.24) is 10.2 Å². The van der Waals surface area contributed by atoms with Crippen molar-refractivity contribution in [3.8, 4) is 11.5 Å². The topological polar surface area (TPSA) is 105 Å². The third-order valence-electron chi connectivity index (χ3n) is 7.82. The zero-order valence-electron chi connectivity index (χ0n) is 26.2. The van der Waals surface area contributed by atoms with Gasteiger partial charge in [0.05, 0.1) is 10.6 Å².